The fraction of sp³-hybridized carbons (Fsp3) is 0.350. The normalized spacial score (nSPS) is 15.4. The van der Waals surface area contributed by atoms with Gasteiger partial charge in [-0.25, -0.2) is 0 Å². The molecule has 1 aliphatic heterocycles. The van der Waals surface area contributed by atoms with Gasteiger partial charge in [-0.3, -0.25) is 19.3 Å². The van der Waals surface area contributed by atoms with Crippen LogP contribution in [0, 0.1) is 13.8 Å². The van der Waals surface area contributed by atoms with Crippen molar-refractivity contribution in [3.63, 3.8) is 0 Å². The van der Waals surface area contributed by atoms with Crippen molar-refractivity contribution in [2.45, 2.75) is 33.1 Å². The fourth-order valence-corrected chi connectivity index (χ4v) is 3.61. The molecule has 1 aromatic heterocycles. The first kappa shape index (κ1) is 20.8. The van der Waals surface area contributed by atoms with Gasteiger partial charge in [0.05, 0.1) is 4.91 Å². The van der Waals surface area contributed by atoms with Crippen molar-refractivity contribution in [3.05, 3.63) is 52.0 Å². The SMILES string of the molecule is Cc1ccc(C=C2SC(=O)N(CCNC(=O)CCCc3nc(C)no3)C2=O)cc1. The van der Waals surface area contributed by atoms with Gasteiger partial charge in [-0.1, -0.05) is 35.0 Å². The number of rotatable bonds is 8. The largest absolute Gasteiger partial charge is 0.354 e. The molecule has 2 heterocycles. The molecular formula is C20H22N4O4S. The molecule has 2 aromatic rings. The minimum Gasteiger partial charge on any atom is -0.354 e. The molecule has 29 heavy (non-hydrogen) atoms. The highest BCUT2D eigenvalue weighted by atomic mass is 32.2. The van der Waals surface area contributed by atoms with Crippen LogP contribution >= 0.6 is 11.8 Å². The van der Waals surface area contributed by atoms with E-state index in [4.69, 9.17) is 4.52 Å². The van der Waals surface area contributed by atoms with Crippen molar-refractivity contribution in [2.75, 3.05) is 13.1 Å². The van der Waals surface area contributed by atoms with E-state index in [-0.39, 0.29) is 30.1 Å². The maximum absolute atomic E-state index is 12.5. The topological polar surface area (TPSA) is 105 Å². The third-order valence-corrected chi connectivity index (χ3v) is 5.18. The summed E-state index contributed by atoms with van der Waals surface area (Å²) < 4.78 is 4.99. The van der Waals surface area contributed by atoms with E-state index in [1.807, 2.05) is 31.2 Å². The first-order valence-corrected chi connectivity index (χ1v) is 10.1. The number of amides is 3. The standard InChI is InChI=1S/C20H22N4O4S/c1-13-6-8-15(9-7-13)12-16-19(26)24(20(27)29-16)11-10-21-17(25)4-3-5-18-22-14(2)23-28-18/h6-9,12H,3-5,10-11H2,1-2H3,(H,21,25). The molecule has 1 aromatic carbocycles. The van der Waals surface area contributed by atoms with E-state index in [9.17, 15) is 14.4 Å². The van der Waals surface area contributed by atoms with Gasteiger partial charge in [0.25, 0.3) is 11.1 Å². The highest BCUT2D eigenvalue weighted by Gasteiger charge is 2.34. The second-order valence-corrected chi connectivity index (χ2v) is 7.68. The van der Waals surface area contributed by atoms with Crippen molar-refractivity contribution in [1.29, 1.82) is 0 Å². The molecule has 1 N–H and O–H groups in total. The van der Waals surface area contributed by atoms with Gasteiger partial charge in [-0.05, 0) is 43.7 Å². The molecule has 3 amide bonds. The third kappa shape index (κ3) is 5.77. The summed E-state index contributed by atoms with van der Waals surface area (Å²) in [6.07, 6.45) is 3.12. The second kappa shape index (κ2) is 9.51. The van der Waals surface area contributed by atoms with E-state index in [0.717, 1.165) is 27.8 Å². The van der Waals surface area contributed by atoms with Crippen LogP contribution in [0.4, 0.5) is 4.79 Å². The zero-order chi connectivity index (χ0) is 20.8. The van der Waals surface area contributed by atoms with Crippen LogP contribution in [0.1, 0.15) is 35.7 Å². The number of aryl methyl sites for hydroxylation is 3. The quantitative estimate of drug-likeness (QED) is 0.662. The molecule has 9 heteroatoms. The Morgan fingerprint density at radius 2 is 2.00 bits per heavy atom. The van der Waals surface area contributed by atoms with Crippen molar-refractivity contribution in [3.8, 4) is 0 Å². The number of carbonyl (C=O) groups excluding carboxylic acids is 3. The summed E-state index contributed by atoms with van der Waals surface area (Å²) in [7, 11) is 0. The van der Waals surface area contributed by atoms with Gasteiger partial charge in [0, 0.05) is 25.9 Å². The van der Waals surface area contributed by atoms with E-state index in [2.05, 4.69) is 15.5 Å². The van der Waals surface area contributed by atoms with Crippen molar-refractivity contribution < 1.29 is 18.9 Å². The van der Waals surface area contributed by atoms with Crippen molar-refractivity contribution >= 4 is 34.9 Å². The zero-order valence-electron chi connectivity index (χ0n) is 16.3. The lowest BCUT2D eigenvalue weighted by atomic mass is 10.1. The van der Waals surface area contributed by atoms with Crippen molar-refractivity contribution in [2.24, 2.45) is 0 Å². The predicted octanol–water partition coefficient (Wildman–Crippen LogP) is 2.86. The number of thioether (sulfide) groups is 1. The van der Waals surface area contributed by atoms with E-state index in [1.165, 1.54) is 0 Å². The van der Waals surface area contributed by atoms with Gasteiger partial charge in [-0.2, -0.15) is 4.98 Å². The molecule has 0 aliphatic carbocycles. The van der Waals surface area contributed by atoms with Gasteiger partial charge in [-0.15, -0.1) is 0 Å². The maximum atomic E-state index is 12.5. The summed E-state index contributed by atoms with van der Waals surface area (Å²) in [6, 6.07) is 7.70. The lowest BCUT2D eigenvalue weighted by Gasteiger charge is -2.12. The molecule has 8 nitrogen and oxygen atoms in total. The summed E-state index contributed by atoms with van der Waals surface area (Å²) in [6.45, 7) is 4.08. The Kier molecular flexibility index (Phi) is 6.82. The Hall–Kier alpha value is -2.94. The molecule has 0 bridgehead atoms. The van der Waals surface area contributed by atoms with Gasteiger partial charge in [0.2, 0.25) is 11.8 Å². The Bertz CT molecular complexity index is 936. The molecule has 1 saturated heterocycles. The van der Waals surface area contributed by atoms with Gasteiger partial charge in [0.15, 0.2) is 5.82 Å². The first-order chi connectivity index (χ1) is 13.9. The van der Waals surface area contributed by atoms with E-state index < -0.39 is 0 Å². The van der Waals surface area contributed by atoms with Crippen LogP contribution in [-0.4, -0.2) is 45.2 Å². The number of nitrogens with one attached hydrogen (secondary N) is 1. The number of hydrogen-bond donors (Lipinski definition) is 1. The highest BCUT2D eigenvalue weighted by Crippen LogP contribution is 2.31. The monoisotopic (exact) mass is 414 g/mol. The summed E-state index contributed by atoms with van der Waals surface area (Å²) >= 11 is 0.916. The predicted molar refractivity (Wildman–Crippen MR) is 109 cm³/mol. The van der Waals surface area contributed by atoms with Crippen LogP contribution in [0.5, 0.6) is 0 Å². The number of hydrogen-bond acceptors (Lipinski definition) is 7. The van der Waals surface area contributed by atoms with Crippen LogP contribution in [-0.2, 0) is 16.0 Å². The van der Waals surface area contributed by atoms with Crippen LogP contribution in [0.15, 0.2) is 33.7 Å². The third-order valence-electron chi connectivity index (χ3n) is 4.27. The van der Waals surface area contributed by atoms with Crippen LogP contribution in [0.2, 0.25) is 0 Å². The van der Waals surface area contributed by atoms with E-state index in [1.54, 1.807) is 13.0 Å². The molecule has 0 atom stereocenters. The smallest absolute Gasteiger partial charge is 0.293 e. The molecule has 0 saturated carbocycles. The molecule has 152 valence electrons. The Labute approximate surface area is 172 Å². The fourth-order valence-electron chi connectivity index (χ4n) is 2.74. The minimum absolute atomic E-state index is 0.143. The number of nitrogens with zero attached hydrogens (tertiary/aromatic N) is 3. The maximum Gasteiger partial charge on any atom is 0.293 e. The van der Waals surface area contributed by atoms with Gasteiger partial charge in [0.1, 0.15) is 0 Å². The molecular weight excluding hydrogens is 392 g/mol. The van der Waals surface area contributed by atoms with Crippen molar-refractivity contribution in [1.82, 2.24) is 20.4 Å². The van der Waals surface area contributed by atoms with Gasteiger partial charge < -0.3 is 9.84 Å². The summed E-state index contributed by atoms with van der Waals surface area (Å²) in [5.41, 5.74) is 1.99. The first-order valence-electron chi connectivity index (χ1n) is 9.30. The minimum atomic E-state index is -0.332. The molecule has 0 unspecified atom stereocenters. The summed E-state index contributed by atoms with van der Waals surface area (Å²) in [5, 5.41) is 6.10. The highest BCUT2D eigenvalue weighted by molar-refractivity contribution is 8.18. The molecule has 0 radical (unpaired) electrons. The number of carbonyl (C=O) groups is 3. The van der Waals surface area contributed by atoms with E-state index >= 15 is 0 Å². The Morgan fingerprint density at radius 1 is 1.24 bits per heavy atom. The average molecular weight is 414 g/mol. The lowest BCUT2D eigenvalue weighted by molar-refractivity contribution is -0.124. The number of benzene rings is 1. The van der Waals surface area contributed by atoms with Crippen LogP contribution in [0.25, 0.3) is 6.08 Å². The van der Waals surface area contributed by atoms with Gasteiger partial charge >= 0.3 is 0 Å². The van der Waals surface area contributed by atoms with E-state index in [0.29, 0.717) is 35.9 Å². The molecule has 1 fully saturated rings. The molecule has 3 rings (SSSR count). The number of imide groups is 1. The zero-order valence-corrected chi connectivity index (χ0v) is 17.1. The van der Waals surface area contributed by atoms with Crippen LogP contribution < -0.4 is 5.32 Å². The molecule has 0 spiro atoms. The number of aromatic nitrogens is 2. The average Bonchev–Trinajstić information content (AvgIpc) is 3.21. The Morgan fingerprint density at radius 3 is 2.69 bits per heavy atom. The molecule has 1 aliphatic rings. The summed E-state index contributed by atoms with van der Waals surface area (Å²) in [5.74, 6) is 0.594. The summed E-state index contributed by atoms with van der Waals surface area (Å²) in [4.78, 5) is 42.2. The Balaban J connectivity index is 1.43. The van der Waals surface area contributed by atoms with Crippen LogP contribution in [0.3, 0.4) is 0 Å². The lowest BCUT2D eigenvalue weighted by Crippen LogP contribution is -2.37. The second-order valence-electron chi connectivity index (χ2n) is 6.68.